The summed E-state index contributed by atoms with van der Waals surface area (Å²) in [6.45, 7) is 4.74. The van der Waals surface area contributed by atoms with Crippen LogP contribution in [0.15, 0.2) is 33.9 Å². The molecule has 38 heavy (non-hydrogen) atoms. The summed E-state index contributed by atoms with van der Waals surface area (Å²) >= 11 is 7.27. The molecule has 1 aromatic carbocycles. The van der Waals surface area contributed by atoms with Crippen molar-refractivity contribution in [3.05, 3.63) is 35.2 Å². The van der Waals surface area contributed by atoms with E-state index in [9.17, 15) is 14.4 Å². The lowest BCUT2D eigenvalue weighted by atomic mass is 9.80. The normalized spacial score (nSPS) is 15.8. The third kappa shape index (κ3) is 8.71. The van der Waals surface area contributed by atoms with Gasteiger partial charge in [0.05, 0.1) is 6.04 Å². The van der Waals surface area contributed by atoms with Gasteiger partial charge in [-0.1, -0.05) is 56.5 Å². The first kappa shape index (κ1) is 29.9. The van der Waals surface area contributed by atoms with Gasteiger partial charge in [0, 0.05) is 17.3 Å². The molecular weight excluding hydrogens is 530 g/mol. The van der Waals surface area contributed by atoms with Crippen LogP contribution in [0.25, 0.3) is 0 Å². The number of nitrogens with one attached hydrogen (secondary N) is 2. The quantitative estimate of drug-likeness (QED) is 0.281. The number of ether oxygens (including phenoxy) is 1. The molecule has 0 saturated heterocycles. The Hall–Kier alpha value is -2.63. The number of Topliss-reactive ketones (excluding diaryl/α,β-unsaturated/α-hetero) is 1. The van der Waals surface area contributed by atoms with E-state index in [0.717, 1.165) is 31.6 Å². The van der Waals surface area contributed by atoms with Crippen molar-refractivity contribution in [3.8, 4) is 5.75 Å². The van der Waals surface area contributed by atoms with Crippen LogP contribution < -0.4 is 15.4 Å². The third-order valence-electron chi connectivity index (χ3n) is 6.22. The maximum Gasteiger partial charge on any atom is 0.413 e. The highest BCUT2D eigenvalue weighted by molar-refractivity contribution is 7.99. The molecule has 0 spiro atoms. The Kier molecular flexibility index (Phi) is 11.0. The summed E-state index contributed by atoms with van der Waals surface area (Å²) in [6.07, 6.45) is 2.97. The van der Waals surface area contributed by atoms with E-state index in [2.05, 4.69) is 20.8 Å². The molecule has 1 atom stereocenters. The third-order valence-corrected chi connectivity index (χ3v) is 7.27. The largest absolute Gasteiger partial charge is 0.413 e. The van der Waals surface area contributed by atoms with Gasteiger partial charge in [-0.05, 0) is 63.5 Å². The first-order valence-corrected chi connectivity index (χ1v) is 14.2. The van der Waals surface area contributed by atoms with Crippen LogP contribution in [0, 0.1) is 5.92 Å². The number of rotatable bonds is 12. The Morgan fingerprint density at radius 3 is 2.45 bits per heavy atom. The Morgan fingerprint density at radius 2 is 1.82 bits per heavy atom. The molecule has 1 fully saturated rings. The van der Waals surface area contributed by atoms with Gasteiger partial charge >= 0.3 is 6.09 Å². The van der Waals surface area contributed by atoms with Crippen molar-refractivity contribution in [3.63, 3.8) is 0 Å². The summed E-state index contributed by atoms with van der Waals surface area (Å²) in [5.74, 6) is 0.122. The van der Waals surface area contributed by atoms with Crippen LogP contribution in [0.3, 0.4) is 0 Å². The van der Waals surface area contributed by atoms with Gasteiger partial charge in [0.15, 0.2) is 0 Å². The molecule has 1 saturated carbocycles. The highest BCUT2D eigenvalue weighted by atomic mass is 35.5. The topological polar surface area (TPSA) is 127 Å². The molecule has 3 rings (SSSR count). The predicted molar refractivity (Wildman–Crippen MR) is 146 cm³/mol. The van der Waals surface area contributed by atoms with Crippen LogP contribution in [0.5, 0.6) is 5.75 Å². The summed E-state index contributed by atoms with van der Waals surface area (Å²) in [5.41, 5.74) is -1.20. The molecule has 0 radical (unpaired) electrons. The summed E-state index contributed by atoms with van der Waals surface area (Å²) in [7, 11) is 3.93. The van der Waals surface area contributed by atoms with Crippen molar-refractivity contribution in [2.75, 3.05) is 26.4 Å². The number of nitrogens with zero attached hydrogens (tertiary/aromatic N) is 3. The summed E-state index contributed by atoms with van der Waals surface area (Å²) in [6, 6.07) is 5.49. The van der Waals surface area contributed by atoms with Crippen molar-refractivity contribution in [2.24, 2.45) is 5.92 Å². The first-order chi connectivity index (χ1) is 18.1. The molecule has 12 heteroatoms. The van der Waals surface area contributed by atoms with Crippen LogP contribution in [0.2, 0.25) is 5.02 Å². The summed E-state index contributed by atoms with van der Waals surface area (Å²) in [4.78, 5) is 41.8. The smallest absolute Gasteiger partial charge is 0.410 e. The molecule has 2 N–H and O–H groups in total. The van der Waals surface area contributed by atoms with Crippen molar-refractivity contribution < 1.29 is 23.5 Å². The van der Waals surface area contributed by atoms with Gasteiger partial charge in [-0.3, -0.25) is 9.59 Å². The molecule has 0 bridgehead atoms. The average Bonchev–Trinajstić information content (AvgIpc) is 3.33. The fraction of sp³-hybridized carbons (Fsp3) is 0.577. The highest BCUT2D eigenvalue weighted by Gasteiger charge is 2.43. The maximum absolute atomic E-state index is 13.7. The zero-order valence-electron chi connectivity index (χ0n) is 22.3. The Morgan fingerprint density at radius 1 is 1.13 bits per heavy atom. The first-order valence-electron chi connectivity index (χ1n) is 12.8. The fourth-order valence-electron chi connectivity index (χ4n) is 4.23. The Balaban J connectivity index is 1.72. The van der Waals surface area contributed by atoms with Gasteiger partial charge in [0.1, 0.15) is 11.3 Å². The lowest BCUT2D eigenvalue weighted by molar-refractivity contribution is -0.129. The fourth-order valence-corrected chi connectivity index (χ4v) is 5.22. The number of hydrogen-bond acceptors (Lipinski definition) is 9. The van der Waals surface area contributed by atoms with Gasteiger partial charge in [0.25, 0.3) is 11.1 Å². The van der Waals surface area contributed by atoms with Crippen LogP contribution >= 0.6 is 23.4 Å². The minimum Gasteiger partial charge on any atom is -0.410 e. The number of halogens is 1. The molecule has 208 valence electrons. The van der Waals surface area contributed by atoms with E-state index in [-0.39, 0.29) is 11.8 Å². The molecule has 2 amide bonds. The minimum absolute atomic E-state index is 0.103. The number of benzene rings is 1. The van der Waals surface area contributed by atoms with Crippen molar-refractivity contribution >= 4 is 41.1 Å². The van der Waals surface area contributed by atoms with Crippen LogP contribution in [0.1, 0.15) is 63.1 Å². The second-order valence-electron chi connectivity index (χ2n) is 10.2. The standard InChI is InChI=1S/C26H36ClN5O5S/c1-17(2)16-20(21(33)22-30-31-25(37-22)38-15-14-32(3)4)28-23(34)26(12-6-5-7-13-26)29-24(35)36-19-10-8-18(27)9-11-19/h8-11,17,20H,5-7,12-16H2,1-4H3,(H,28,34)(H,29,35). The van der Waals surface area contributed by atoms with Crippen molar-refractivity contribution in [1.29, 1.82) is 0 Å². The molecule has 1 aliphatic rings. The van der Waals surface area contributed by atoms with E-state index < -0.39 is 29.4 Å². The minimum atomic E-state index is -1.20. The zero-order valence-corrected chi connectivity index (χ0v) is 23.9. The molecule has 1 aromatic heterocycles. The maximum atomic E-state index is 13.7. The Labute approximate surface area is 232 Å². The van der Waals surface area contributed by atoms with Gasteiger partial charge in [-0.15, -0.1) is 10.2 Å². The summed E-state index contributed by atoms with van der Waals surface area (Å²) < 4.78 is 11.0. The predicted octanol–water partition coefficient (Wildman–Crippen LogP) is 4.58. The molecular formula is C26H36ClN5O5S. The van der Waals surface area contributed by atoms with Crippen molar-refractivity contribution in [2.45, 2.75) is 69.2 Å². The molecule has 2 aromatic rings. The van der Waals surface area contributed by atoms with E-state index >= 15 is 0 Å². The van der Waals surface area contributed by atoms with Gasteiger partial charge in [-0.2, -0.15) is 0 Å². The number of ketones is 1. The molecule has 1 aliphatic carbocycles. The van der Waals surface area contributed by atoms with Crippen LogP contribution in [-0.4, -0.2) is 70.9 Å². The molecule has 0 aliphatic heterocycles. The van der Waals surface area contributed by atoms with E-state index in [4.69, 9.17) is 20.8 Å². The number of thioether (sulfide) groups is 1. The lowest BCUT2D eigenvalue weighted by Gasteiger charge is -2.37. The molecule has 1 unspecified atom stereocenters. The van der Waals surface area contributed by atoms with E-state index in [0.29, 0.717) is 35.3 Å². The second-order valence-corrected chi connectivity index (χ2v) is 11.6. The second kappa shape index (κ2) is 14.0. The number of carbonyl (C=O) groups is 3. The Bertz CT molecular complexity index is 1090. The number of hydrogen-bond donors (Lipinski definition) is 2. The summed E-state index contributed by atoms with van der Waals surface area (Å²) in [5, 5.41) is 14.4. The number of carbonyl (C=O) groups excluding carboxylic acids is 3. The van der Waals surface area contributed by atoms with Gasteiger partial charge < -0.3 is 24.7 Å². The monoisotopic (exact) mass is 565 g/mol. The van der Waals surface area contributed by atoms with Crippen LogP contribution in [0.4, 0.5) is 4.79 Å². The van der Waals surface area contributed by atoms with E-state index in [1.807, 2.05) is 32.8 Å². The van der Waals surface area contributed by atoms with Crippen LogP contribution in [-0.2, 0) is 4.79 Å². The van der Waals surface area contributed by atoms with Gasteiger partial charge in [0.2, 0.25) is 11.7 Å². The molecule has 10 nitrogen and oxygen atoms in total. The molecule has 1 heterocycles. The highest BCUT2D eigenvalue weighted by Crippen LogP contribution is 2.30. The average molecular weight is 566 g/mol. The van der Waals surface area contributed by atoms with E-state index in [1.165, 1.54) is 11.8 Å². The zero-order chi connectivity index (χ0) is 27.7. The number of aromatic nitrogens is 2. The number of amides is 2. The van der Waals surface area contributed by atoms with Gasteiger partial charge in [-0.25, -0.2) is 4.79 Å². The van der Waals surface area contributed by atoms with Crippen molar-refractivity contribution in [1.82, 2.24) is 25.7 Å². The lowest BCUT2D eigenvalue weighted by Crippen LogP contribution is -2.62. The SMILES string of the molecule is CC(C)CC(NC(=O)C1(NC(=O)Oc2ccc(Cl)cc2)CCCCC1)C(=O)c1nnc(SCCN(C)C)o1. The van der Waals surface area contributed by atoms with E-state index in [1.54, 1.807) is 24.3 Å².